The fourth-order valence-electron chi connectivity index (χ4n) is 3.10. The van der Waals surface area contributed by atoms with Crippen LogP contribution in [0.3, 0.4) is 0 Å². The van der Waals surface area contributed by atoms with Gasteiger partial charge in [0.05, 0.1) is 22.8 Å². The van der Waals surface area contributed by atoms with E-state index in [2.05, 4.69) is 57.7 Å². The molecule has 2 aromatic heterocycles. The maximum absolute atomic E-state index is 4.75. The number of aromatic nitrogens is 2. The van der Waals surface area contributed by atoms with Gasteiger partial charge in [0.25, 0.3) is 0 Å². The first-order chi connectivity index (χ1) is 14.9. The predicted molar refractivity (Wildman–Crippen MR) is 130 cm³/mol. The van der Waals surface area contributed by atoms with Gasteiger partial charge in [0, 0.05) is 75.4 Å². The van der Waals surface area contributed by atoms with Crippen LogP contribution in [0.1, 0.15) is 22.8 Å². The zero-order chi connectivity index (χ0) is 20.7. The van der Waals surface area contributed by atoms with Gasteiger partial charge >= 0.3 is 0 Å². The quantitative estimate of drug-likeness (QED) is 0.490. The maximum atomic E-state index is 4.75. The standard InChI is InChI=1S/C22H34N6S2/c1-3-19-15-23-7-11-29-13-9-25-17-21-5-2-6-22(28-21)18-26-10-14-30-12-8-24-16-20(4-1)27-19/h1-6,23-26H,7-18H2. The minimum Gasteiger partial charge on any atom is -0.310 e. The van der Waals surface area contributed by atoms with Crippen LogP contribution in [0.5, 0.6) is 0 Å². The molecule has 1 aliphatic rings. The zero-order valence-corrected chi connectivity index (χ0v) is 19.3. The molecule has 0 aromatic carbocycles. The van der Waals surface area contributed by atoms with Crippen LogP contribution < -0.4 is 21.3 Å². The summed E-state index contributed by atoms with van der Waals surface area (Å²) in [6, 6.07) is 12.6. The Morgan fingerprint density at radius 3 is 1.10 bits per heavy atom. The van der Waals surface area contributed by atoms with Crippen molar-refractivity contribution >= 4 is 23.5 Å². The van der Waals surface area contributed by atoms with Crippen LogP contribution in [0.4, 0.5) is 0 Å². The lowest BCUT2D eigenvalue weighted by molar-refractivity contribution is 0.680. The van der Waals surface area contributed by atoms with Crippen LogP contribution >= 0.6 is 23.5 Å². The molecule has 1 aliphatic heterocycles. The number of rotatable bonds is 0. The average molecular weight is 447 g/mol. The second-order valence-corrected chi connectivity index (χ2v) is 9.62. The Labute approximate surface area is 189 Å². The molecule has 3 heterocycles. The van der Waals surface area contributed by atoms with Gasteiger partial charge in [-0.3, -0.25) is 9.97 Å². The van der Waals surface area contributed by atoms with Crippen LogP contribution in [0.2, 0.25) is 0 Å². The van der Waals surface area contributed by atoms with Crippen LogP contribution in [0.25, 0.3) is 0 Å². The summed E-state index contributed by atoms with van der Waals surface area (Å²) in [6.07, 6.45) is 0. The van der Waals surface area contributed by atoms with Gasteiger partial charge in [-0.15, -0.1) is 0 Å². The number of thioether (sulfide) groups is 2. The first-order valence-electron chi connectivity index (χ1n) is 10.8. The molecule has 8 heteroatoms. The van der Waals surface area contributed by atoms with Crippen molar-refractivity contribution in [2.75, 3.05) is 49.2 Å². The van der Waals surface area contributed by atoms with Crippen LogP contribution in [0.15, 0.2) is 36.4 Å². The Balaban J connectivity index is 1.45. The third-order valence-corrected chi connectivity index (χ3v) is 6.62. The number of nitrogens with zero attached hydrogens (tertiary/aromatic N) is 2. The number of fused-ring (bicyclic) bond motifs is 4. The molecule has 4 N–H and O–H groups in total. The van der Waals surface area contributed by atoms with Gasteiger partial charge in [-0.05, 0) is 24.3 Å². The molecular weight excluding hydrogens is 412 g/mol. The Morgan fingerprint density at radius 2 is 0.800 bits per heavy atom. The molecule has 0 saturated carbocycles. The topological polar surface area (TPSA) is 73.9 Å². The summed E-state index contributed by atoms with van der Waals surface area (Å²) in [7, 11) is 0. The van der Waals surface area contributed by atoms with Gasteiger partial charge in [-0.25, -0.2) is 0 Å². The molecule has 2 aromatic rings. The molecule has 0 unspecified atom stereocenters. The number of hydrogen-bond donors (Lipinski definition) is 4. The molecule has 3 rings (SSSR count). The first kappa shape index (κ1) is 23.5. The molecular formula is C22H34N6S2. The summed E-state index contributed by atoms with van der Waals surface area (Å²) >= 11 is 3.95. The van der Waals surface area contributed by atoms with E-state index in [0.717, 1.165) is 98.1 Å². The second kappa shape index (κ2) is 14.8. The van der Waals surface area contributed by atoms with Gasteiger partial charge in [0.1, 0.15) is 0 Å². The highest BCUT2D eigenvalue weighted by atomic mass is 32.2. The molecule has 0 radical (unpaired) electrons. The monoisotopic (exact) mass is 446 g/mol. The van der Waals surface area contributed by atoms with Crippen molar-refractivity contribution in [2.24, 2.45) is 0 Å². The van der Waals surface area contributed by atoms with E-state index >= 15 is 0 Å². The Hall–Kier alpha value is -1.16. The van der Waals surface area contributed by atoms with E-state index in [-0.39, 0.29) is 0 Å². The van der Waals surface area contributed by atoms with Gasteiger partial charge in [-0.2, -0.15) is 23.5 Å². The molecule has 164 valence electrons. The van der Waals surface area contributed by atoms with Crippen molar-refractivity contribution in [3.63, 3.8) is 0 Å². The minimum atomic E-state index is 0.831. The predicted octanol–water partition coefficient (Wildman–Crippen LogP) is 2.02. The van der Waals surface area contributed by atoms with E-state index in [4.69, 9.17) is 9.97 Å². The summed E-state index contributed by atoms with van der Waals surface area (Å²) < 4.78 is 0. The van der Waals surface area contributed by atoms with E-state index in [1.807, 2.05) is 23.5 Å². The fraction of sp³-hybridized carbons (Fsp3) is 0.545. The van der Waals surface area contributed by atoms with E-state index in [9.17, 15) is 0 Å². The van der Waals surface area contributed by atoms with Gasteiger partial charge in [-0.1, -0.05) is 12.1 Å². The van der Waals surface area contributed by atoms with Crippen LogP contribution in [-0.4, -0.2) is 59.2 Å². The molecule has 6 nitrogen and oxygen atoms in total. The van der Waals surface area contributed by atoms with Crippen molar-refractivity contribution in [3.05, 3.63) is 59.2 Å². The maximum Gasteiger partial charge on any atom is 0.0545 e. The molecule has 0 amide bonds. The van der Waals surface area contributed by atoms with Crippen molar-refractivity contribution in [3.8, 4) is 0 Å². The van der Waals surface area contributed by atoms with Gasteiger partial charge in [0.2, 0.25) is 0 Å². The summed E-state index contributed by atoms with van der Waals surface area (Å²) in [5, 5.41) is 14.0. The highest BCUT2D eigenvalue weighted by Gasteiger charge is 2.01. The van der Waals surface area contributed by atoms with Crippen molar-refractivity contribution in [1.82, 2.24) is 31.2 Å². The molecule has 0 saturated heterocycles. The number of hydrogen-bond acceptors (Lipinski definition) is 8. The lowest BCUT2D eigenvalue weighted by Gasteiger charge is -2.09. The summed E-state index contributed by atoms with van der Waals surface area (Å²) in [5.41, 5.74) is 4.47. The average Bonchev–Trinajstić information content (AvgIpc) is 2.77. The molecule has 0 fully saturated rings. The van der Waals surface area contributed by atoms with Crippen molar-refractivity contribution in [1.29, 1.82) is 0 Å². The Kier molecular flexibility index (Phi) is 11.6. The molecule has 30 heavy (non-hydrogen) atoms. The van der Waals surface area contributed by atoms with E-state index in [1.54, 1.807) is 0 Å². The van der Waals surface area contributed by atoms with Crippen molar-refractivity contribution in [2.45, 2.75) is 26.2 Å². The first-order valence-corrected chi connectivity index (χ1v) is 13.1. The fourth-order valence-corrected chi connectivity index (χ4v) is 4.66. The smallest absolute Gasteiger partial charge is 0.0545 e. The Morgan fingerprint density at radius 1 is 0.500 bits per heavy atom. The summed E-state index contributed by atoms with van der Waals surface area (Å²) in [6.45, 7) is 7.33. The Bertz CT molecular complexity index is 618. The van der Waals surface area contributed by atoms with Gasteiger partial charge < -0.3 is 21.3 Å². The van der Waals surface area contributed by atoms with E-state index in [1.165, 1.54) is 0 Å². The normalized spacial score (nSPS) is 18.9. The van der Waals surface area contributed by atoms with Crippen molar-refractivity contribution < 1.29 is 0 Å². The summed E-state index contributed by atoms with van der Waals surface area (Å²) in [4.78, 5) is 9.50. The zero-order valence-electron chi connectivity index (χ0n) is 17.7. The lowest BCUT2D eigenvalue weighted by atomic mass is 10.3. The van der Waals surface area contributed by atoms with E-state index < -0.39 is 0 Å². The third-order valence-electron chi connectivity index (χ3n) is 4.65. The molecule has 0 spiro atoms. The molecule has 0 aliphatic carbocycles. The highest BCUT2D eigenvalue weighted by Crippen LogP contribution is 2.03. The molecule has 4 bridgehead atoms. The summed E-state index contributed by atoms with van der Waals surface area (Å²) in [5.74, 6) is 4.44. The largest absolute Gasteiger partial charge is 0.310 e. The number of nitrogens with one attached hydrogen (secondary N) is 4. The van der Waals surface area contributed by atoms with Crippen LogP contribution in [-0.2, 0) is 26.2 Å². The molecule has 0 atom stereocenters. The SMILES string of the molecule is c1cc2nc(c1)CNCCSCCNCc1cccc(n1)CNCCSCCNC2. The second-order valence-electron chi connectivity index (χ2n) is 7.17. The lowest BCUT2D eigenvalue weighted by Crippen LogP contribution is -2.22. The highest BCUT2D eigenvalue weighted by molar-refractivity contribution is 7.99. The van der Waals surface area contributed by atoms with E-state index in [0.29, 0.717) is 0 Å². The number of pyridine rings is 2. The minimum absolute atomic E-state index is 0.831. The van der Waals surface area contributed by atoms with Gasteiger partial charge in [0.15, 0.2) is 0 Å². The third kappa shape index (κ3) is 9.76. The van der Waals surface area contributed by atoms with Crippen LogP contribution in [0, 0.1) is 0 Å².